The number of esters is 3. The number of aliphatic hydroxyl groups excluding tert-OH is 3. The van der Waals surface area contributed by atoms with E-state index < -0.39 is 66.7 Å². The molecule has 2 aliphatic heterocycles. The number of hydrogen-bond donors (Lipinski definition) is 3. The van der Waals surface area contributed by atoms with E-state index in [9.17, 15) is 34.2 Å². The Kier molecular flexibility index (Phi) is 12.4. The zero-order valence-corrected chi connectivity index (χ0v) is 20.4. The SMILES string of the molecule is CC(=O)C[C@@H]1OC[C@@H](O)[C@H](O)[C@H]1O.CC(=O)C[C@@H]1OC[C@@H](OC(C)=O)[C@H](OC(C)=O)[C@H]1OC(C)=O. The monoisotopic (exact) mass is 506 g/mol. The Hall–Kier alpha value is -2.45. The highest BCUT2D eigenvalue weighted by Gasteiger charge is 2.47. The molecule has 2 rings (SSSR count). The van der Waals surface area contributed by atoms with Gasteiger partial charge >= 0.3 is 17.9 Å². The molecule has 0 saturated carbocycles. The van der Waals surface area contributed by atoms with Crippen LogP contribution >= 0.6 is 0 Å². The van der Waals surface area contributed by atoms with E-state index >= 15 is 0 Å². The van der Waals surface area contributed by atoms with Crippen molar-refractivity contribution in [2.75, 3.05) is 13.2 Å². The van der Waals surface area contributed by atoms with Gasteiger partial charge in [0.2, 0.25) is 0 Å². The molecular formula is C22H34O13. The summed E-state index contributed by atoms with van der Waals surface area (Å²) in [4.78, 5) is 55.8. The molecule has 0 spiro atoms. The van der Waals surface area contributed by atoms with Gasteiger partial charge in [-0.15, -0.1) is 0 Å². The van der Waals surface area contributed by atoms with Crippen molar-refractivity contribution in [3.8, 4) is 0 Å². The molecule has 2 heterocycles. The highest BCUT2D eigenvalue weighted by atomic mass is 16.6. The van der Waals surface area contributed by atoms with E-state index in [0.717, 1.165) is 0 Å². The van der Waals surface area contributed by atoms with E-state index in [1.54, 1.807) is 0 Å². The predicted molar refractivity (Wildman–Crippen MR) is 115 cm³/mol. The van der Waals surface area contributed by atoms with Crippen LogP contribution in [0.4, 0.5) is 0 Å². The number of rotatable bonds is 7. The highest BCUT2D eigenvalue weighted by Crippen LogP contribution is 2.26. The van der Waals surface area contributed by atoms with Crippen LogP contribution in [0.3, 0.4) is 0 Å². The molecule has 0 amide bonds. The first kappa shape index (κ1) is 30.6. The third-order valence-corrected chi connectivity index (χ3v) is 5.04. The van der Waals surface area contributed by atoms with E-state index in [1.807, 2.05) is 0 Å². The van der Waals surface area contributed by atoms with Gasteiger partial charge in [-0.1, -0.05) is 0 Å². The van der Waals surface area contributed by atoms with Crippen LogP contribution in [0.15, 0.2) is 0 Å². The highest BCUT2D eigenvalue weighted by molar-refractivity contribution is 5.76. The standard InChI is InChI=1S/C14H20O8.C8H14O5/c1-7(15)5-11-13(21-9(3)17)14(22-10(4)18)12(6-19-11)20-8(2)16;1-4(9)2-6-8(12)7(11)5(10)3-13-6/h11-14H,5-6H2,1-4H3;5-8,10-12H,2-3H2,1H3/t11-,12+,13-,14-;5-,6+,7+,8+/m01/s1. The topological polar surface area (TPSA) is 192 Å². The van der Waals surface area contributed by atoms with Gasteiger partial charge < -0.3 is 39.0 Å². The largest absolute Gasteiger partial charge is 0.456 e. The Balaban J connectivity index is 0.000000400. The summed E-state index contributed by atoms with van der Waals surface area (Å²) in [6.45, 7) is 6.22. The minimum atomic E-state index is -1.22. The first-order valence-corrected chi connectivity index (χ1v) is 11.0. The van der Waals surface area contributed by atoms with Gasteiger partial charge in [-0.25, -0.2) is 0 Å². The number of hydrogen-bond acceptors (Lipinski definition) is 13. The molecule has 3 N–H and O–H groups in total. The van der Waals surface area contributed by atoms with Crippen molar-refractivity contribution < 1.29 is 63.0 Å². The summed E-state index contributed by atoms with van der Waals surface area (Å²) < 4.78 is 25.8. The molecule has 0 aliphatic carbocycles. The molecule has 0 unspecified atom stereocenters. The first-order chi connectivity index (χ1) is 16.2. The van der Waals surface area contributed by atoms with Crippen LogP contribution in [-0.4, -0.2) is 107 Å². The molecule has 0 aromatic rings. The summed E-state index contributed by atoms with van der Waals surface area (Å²) in [6, 6.07) is 0. The Labute approximate surface area is 202 Å². The molecule has 0 radical (unpaired) electrons. The molecule has 35 heavy (non-hydrogen) atoms. The second-order valence-corrected chi connectivity index (χ2v) is 8.40. The van der Waals surface area contributed by atoms with Crippen LogP contribution in [0.25, 0.3) is 0 Å². The minimum absolute atomic E-state index is 0.0114. The van der Waals surface area contributed by atoms with E-state index in [-0.39, 0.29) is 37.6 Å². The zero-order chi connectivity index (χ0) is 26.9. The molecule has 0 aromatic carbocycles. The Morgan fingerprint density at radius 2 is 1.11 bits per heavy atom. The number of ether oxygens (including phenoxy) is 5. The number of aliphatic hydroxyl groups is 3. The molecule has 200 valence electrons. The van der Waals surface area contributed by atoms with Crippen molar-refractivity contribution in [1.29, 1.82) is 0 Å². The van der Waals surface area contributed by atoms with Crippen molar-refractivity contribution in [3.05, 3.63) is 0 Å². The van der Waals surface area contributed by atoms with Crippen molar-refractivity contribution >= 4 is 29.5 Å². The van der Waals surface area contributed by atoms with Gasteiger partial charge in [-0.05, 0) is 13.8 Å². The Bertz CT molecular complexity index is 724. The van der Waals surface area contributed by atoms with Crippen molar-refractivity contribution in [2.24, 2.45) is 0 Å². The smallest absolute Gasteiger partial charge is 0.303 e. The third kappa shape index (κ3) is 10.4. The molecule has 2 saturated heterocycles. The fourth-order valence-electron chi connectivity index (χ4n) is 3.60. The maximum atomic E-state index is 11.3. The fourth-order valence-corrected chi connectivity index (χ4v) is 3.60. The molecule has 0 aromatic heterocycles. The van der Waals surface area contributed by atoms with E-state index in [0.29, 0.717) is 0 Å². The van der Waals surface area contributed by atoms with Crippen LogP contribution in [0.5, 0.6) is 0 Å². The fraction of sp³-hybridized carbons (Fsp3) is 0.773. The second-order valence-electron chi connectivity index (χ2n) is 8.40. The summed E-state index contributed by atoms with van der Waals surface area (Å²) in [5.74, 6) is -2.12. The summed E-state index contributed by atoms with van der Waals surface area (Å²) in [5, 5.41) is 27.7. The molecule has 13 heteroatoms. The maximum absolute atomic E-state index is 11.3. The van der Waals surface area contributed by atoms with Gasteiger partial charge in [-0.3, -0.25) is 24.0 Å². The van der Waals surface area contributed by atoms with Gasteiger partial charge in [0, 0.05) is 33.6 Å². The second kappa shape index (κ2) is 14.2. The van der Waals surface area contributed by atoms with Crippen LogP contribution in [0.2, 0.25) is 0 Å². The summed E-state index contributed by atoms with van der Waals surface area (Å²) >= 11 is 0. The lowest BCUT2D eigenvalue weighted by Crippen LogP contribution is -2.57. The summed E-state index contributed by atoms with van der Waals surface area (Å²) in [5.41, 5.74) is 0. The summed E-state index contributed by atoms with van der Waals surface area (Å²) in [7, 11) is 0. The summed E-state index contributed by atoms with van der Waals surface area (Å²) in [6.07, 6.45) is -7.86. The zero-order valence-electron chi connectivity index (χ0n) is 20.4. The Morgan fingerprint density at radius 1 is 0.657 bits per heavy atom. The third-order valence-electron chi connectivity index (χ3n) is 5.04. The van der Waals surface area contributed by atoms with Gasteiger partial charge in [0.05, 0.1) is 19.3 Å². The van der Waals surface area contributed by atoms with E-state index in [2.05, 4.69) is 0 Å². The lowest BCUT2D eigenvalue weighted by atomic mass is 9.96. The molecule has 0 bridgehead atoms. The van der Waals surface area contributed by atoms with E-state index in [1.165, 1.54) is 34.6 Å². The minimum Gasteiger partial charge on any atom is -0.456 e. The molecule has 8 atom stereocenters. The maximum Gasteiger partial charge on any atom is 0.303 e. The number of Topliss-reactive ketones (excluding diaryl/α,β-unsaturated/α-hetero) is 2. The number of carbonyl (C=O) groups is 5. The van der Waals surface area contributed by atoms with Gasteiger partial charge in [0.15, 0.2) is 18.3 Å². The quantitative estimate of drug-likeness (QED) is 0.270. The lowest BCUT2D eigenvalue weighted by molar-refractivity contribution is -0.226. The van der Waals surface area contributed by atoms with Gasteiger partial charge in [0.1, 0.15) is 36.0 Å². The van der Waals surface area contributed by atoms with E-state index in [4.69, 9.17) is 28.8 Å². The van der Waals surface area contributed by atoms with Crippen molar-refractivity contribution in [1.82, 2.24) is 0 Å². The molecule has 13 nitrogen and oxygen atoms in total. The molecule has 2 fully saturated rings. The predicted octanol–water partition coefficient (Wildman–Crippen LogP) is -1.39. The van der Waals surface area contributed by atoms with Crippen LogP contribution in [-0.2, 0) is 47.7 Å². The van der Waals surface area contributed by atoms with Crippen LogP contribution < -0.4 is 0 Å². The van der Waals surface area contributed by atoms with Crippen molar-refractivity contribution in [2.45, 2.75) is 96.3 Å². The van der Waals surface area contributed by atoms with Crippen LogP contribution in [0.1, 0.15) is 47.5 Å². The first-order valence-electron chi connectivity index (χ1n) is 11.0. The van der Waals surface area contributed by atoms with Crippen LogP contribution in [0, 0.1) is 0 Å². The lowest BCUT2D eigenvalue weighted by Gasteiger charge is -2.40. The average Bonchev–Trinajstić information content (AvgIpc) is 2.71. The van der Waals surface area contributed by atoms with Crippen molar-refractivity contribution in [3.63, 3.8) is 0 Å². The van der Waals surface area contributed by atoms with Gasteiger partial charge in [0.25, 0.3) is 0 Å². The molecule has 2 aliphatic rings. The normalized spacial score (nSPS) is 32.3. The van der Waals surface area contributed by atoms with Gasteiger partial charge in [-0.2, -0.15) is 0 Å². The number of ketones is 2. The average molecular weight is 507 g/mol. The molecular weight excluding hydrogens is 472 g/mol. The number of carbonyl (C=O) groups excluding carboxylic acids is 5. The Morgan fingerprint density at radius 3 is 1.60 bits per heavy atom.